The molecule has 0 saturated carbocycles. The topological polar surface area (TPSA) is 32.3 Å². The first kappa shape index (κ1) is 16.4. The second-order valence-corrected chi connectivity index (χ2v) is 7.30. The number of nitrogens with zero attached hydrogens (tertiary/aromatic N) is 4. The fourth-order valence-corrected chi connectivity index (χ4v) is 4.26. The molecule has 132 valence electrons. The van der Waals surface area contributed by atoms with E-state index in [2.05, 4.69) is 19.8 Å². The smallest absolute Gasteiger partial charge is 0.159 e. The van der Waals surface area contributed by atoms with Crippen LogP contribution in [0.25, 0.3) is 0 Å². The quantitative estimate of drug-likeness (QED) is 0.856. The van der Waals surface area contributed by atoms with E-state index in [1.807, 2.05) is 6.20 Å². The molecule has 0 bridgehead atoms. The SMILES string of the molecule is Fc1ccc(CN2CCC[C@]3(CCN(c4cnccn4)C3)C2)cc1F. The Hall–Kier alpha value is -2.08. The second-order valence-electron chi connectivity index (χ2n) is 7.30. The van der Waals surface area contributed by atoms with Crippen molar-refractivity contribution in [1.29, 1.82) is 0 Å². The maximum absolute atomic E-state index is 13.5. The first-order valence-corrected chi connectivity index (χ1v) is 8.81. The van der Waals surface area contributed by atoms with Crippen molar-refractivity contribution >= 4 is 5.82 Å². The van der Waals surface area contributed by atoms with Gasteiger partial charge in [0, 0.05) is 44.0 Å². The molecule has 0 aliphatic carbocycles. The first-order chi connectivity index (χ1) is 12.1. The zero-order chi connectivity index (χ0) is 17.3. The Labute approximate surface area is 146 Å². The van der Waals surface area contributed by atoms with Crippen LogP contribution in [0.4, 0.5) is 14.6 Å². The van der Waals surface area contributed by atoms with E-state index in [-0.39, 0.29) is 5.41 Å². The number of likely N-dealkylation sites (tertiary alicyclic amines) is 1. The van der Waals surface area contributed by atoms with Gasteiger partial charge in [-0.05, 0) is 43.5 Å². The molecule has 2 aliphatic heterocycles. The van der Waals surface area contributed by atoms with Gasteiger partial charge in [-0.1, -0.05) is 6.07 Å². The summed E-state index contributed by atoms with van der Waals surface area (Å²) in [4.78, 5) is 13.3. The van der Waals surface area contributed by atoms with Gasteiger partial charge in [-0.15, -0.1) is 0 Å². The number of rotatable bonds is 3. The molecule has 1 aromatic heterocycles. The normalized spacial score (nSPS) is 24.2. The van der Waals surface area contributed by atoms with Crippen molar-refractivity contribution in [3.05, 3.63) is 54.0 Å². The standard InChI is InChI=1S/C19H22F2N4/c20-16-3-2-15(10-17(16)21)12-24-8-1-4-19(13-24)5-9-25(14-19)18-11-22-6-7-23-18/h2-3,6-7,10-11H,1,4-5,8-9,12-14H2/t19-/m0/s1. The molecule has 3 heterocycles. The summed E-state index contributed by atoms with van der Waals surface area (Å²) in [7, 11) is 0. The molecule has 6 heteroatoms. The predicted octanol–water partition coefficient (Wildman–Crippen LogP) is 3.25. The molecular weight excluding hydrogens is 322 g/mol. The number of aromatic nitrogens is 2. The predicted molar refractivity (Wildman–Crippen MR) is 92.2 cm³/mol. The van der Waals surface area contributed by atoms with Gasteiger partial charge in [0.2, 0.25) is 0 Å². The lowest BCUT2D eigenvalue weighted by molar-refractivity contribution is 0.0990. The van der Waals surface area contributed by atoms with Crippen LogP contribution in [0.15, 0.2) is 36.8 Å². The molecule has 0 N–H and O–H groups in total. The van der Waals surface area contributed by atoms with E-state index in [1.54, 1.807) is 18.5 Å². The summed E-state index contributed by atoms with van der Waals surface area (Å²) in [5, 5.41) is 0. The largest absolute Gasteiger partial charge is 0.355 e. The van der Waals surface area contributed by atoms with Crippen molar-refractivity contribution in [3.63, 3.8) is 0 Å². The summed E-state index contributed by atoms with van der Waals surface area (Å²) in [5.74, 6) is -0.606. The van der Waals surface area contributed by atoms with E-state index in [1.165, 1.54) is 18.6 Å². The van der Waals surface area contributed by atoms with Crippen LogP contribution in [-0.4, -0.2) is 41.0 Å². The molecule has 2 saturated heterocycles. The number of halogens is 2. The van der Waals surface area contributed by atoms with Crippen molar-refractivity contribution in [2.75, 3.05) is 31.1 Å². The summed E-state index contributed by atoms with van der Waals surface area (Å²) >= 11 is 0. The third-order valence-corrected chi connectivity index (χ3v) is 5.44. The fraction of sp³-hybridized carbons (Fsp3) is 0.474. The van der Waals surface area contributed by atoms with E-state index in [0.717, 1.165) is 50.4 Å². The van der Waals surface area contributed by atoms with Gasteiger partial charge in [-0.2, -0.15) is 0 Å². The van der Waals surface area contributed by atoms with Gasteiger partial charge in [0.05, 0.1) is 6.20 Å². The fourth-order valence-electron chi connectivity index (χ4n) is 4.26. The van der Waals surface area contributed by atoms with E-state index >= 15 is 0 Å². The lowest BCUT2D eigenvalue weighted by Gasteiger charge is -2.40. The zero-order valence-corrected chi connectivity index (χ0v) is 14.2. The van der Waals surface area contributed by atoms with E-state index in [4.69, 9.17) is 0 Å². The highest BCUT2D eigenvalue weighted by atomic mass is 19.2. The summed E-state index contributed by atoms with van der Waals surface area (Å²) < 4.78 is 26.6. The summed E-state index contributed by atoms with van der Waals surface area (Å²) in [5.41, 5.74) is 1.09. The average Bonchev–Trinajstić information content (AvgIpc) is 3.02. The van der Waals surface area contributed by atoms with Crippen LogP contribution in [-0.2, 0) is 6.54 Å². The zero-order valence-electron chi connectivity index (χ0n) is 14.2. The molecule has 1 spiro atoms. The molecule has 0 unspecified atom stereocenters. The van der Waals surface area contributed by atoms with Crippen molar-refractivity contribution in [2.24, 2.45) is 5.41 Å². The molecule has 4 rings (SSSR count). The van der Waals surface area contributed by atoms with Crippen LogP contribution in [0, 0.1) is 17.0 Å². The molecule has 2 aromatic rings. The molecule has 0 radical (unpaired) electrons. The molecule has 2 aliphatic rings. The lowest BCUT2D eigenvalue weighted by Crippen LogP contribution is -2.44. The van der Waals surface area contributed by atoms with Gasteiger partial charge in [0.1, 0.15) is 5.82 Å². The molecule has 1 aromatic carbocycles. The van der Waals surface area contributed by atoms with Crippen LogP contribution in [0.3, 0.4) is 0 Å². The highest BCUT2D eigenvalue weighted by Gasteiger charge is 2.41. The van der Waals surface area contributed by atoms with Crippen LogP contribution in [0.1, 0.15) is 24.8 Å². The highest BCUT2D eigenvalue weighted by molar-refractivity contribution is 5.37. The molecule has 25 heavy (non-hydrogen) atoms. The van der Waals surface area contributed by atoms with Crippen LogP contribution < -0.4 is 4.90 Å². The van der Waals surface area contributed by atoms with Crippen molar-refractivity contribution in [2.45, 2.75) is 25.8 Å². The van der Waals surface area contributed by atoms with Gasteiger partial charge in [-0.25, -0.2) is 13.8 Å². The molecule has 1 atom stereocenters. The van der Waals surface area contributed by atoms with Crippen LogP contribution in [0.2, 0.25) is 0 Å². The summed E-state index contributed by atoms with van der Waals surface area (Å²) in [6, 6.07) is 4.22. The van der Waals surface area contributed by atoms with Crippen molar-refractivity contribution in [1.82, 2.24) is 14.9 Å². The third kappa shape index (κ3) is 3.49. The minimum atomic E-state index is -0.783. The number of hydrogen-bond donors (Lipinski definition) is 0. The summed E-state index contributed by atoms with van der Waals surface area (Å²) in [6.45, 7) is 4.65. The van der Waals surface area contributed by atoms with E-state index in [9.17, 15) is 8.78 Å². The van der Waals surface area contributed by atoms with Gasteiger partial charge >= 0.3 is 0 Å². The Balaban J connectivity index is 1.43. The maximum Gasteiger partial charge on any atom is 0.159 e. The van der Waals surface area contributed by atoms with Gasteiger partial charge in [0.15, 0.2) is 11.6 Å². The molecule has 2 fully saturated rings. The van der Waals surface area contributed by atoms with E-state index < -0.39 is 11.6 Å². The number of piperidine rings is 1. The Morgan fingerprint density at radius 2 is 1.96 bits per heavy atom. The highest BCUT2D eigenvalue weighted by Crippen LogP contribution is 2.40. The maximum atomic E-state index is 13.5. The van der Waals surface area contributed by atoms with E-state index in [0.29, 0.717) is 6.54 Å². The van der Waals surface area contributed by atoms with Crippen molar-refractivity contribution in [3.8, 4) is 0 Å². The minimum Gasteiger partial charge on any atom is -0.355 e. The Bertz CT molecular complexity index is 739. The lowest BCUT2D eigenvalue weighted by atomic mass is 9.79. The monoisotopic (exact) mass is 344 g/mol. The number of anilines is 1. The van der Waals surface area contributed by atoms with Crippen molar-refractivity contribution < 1.29 is 8.78 Å². The Morgan fingerprint density at radius 3 is 2.76 bits per heavy atom. The Kier molecular flexibility index (Phi) is 4.37. The van der Waals surface area contributed by atoms with Gasteiger partial charge < -0.3 is 4.90 Å². The molecular formula is C19H22F2N4. The van der Waals surface area contributed by atoms with Crippen LogP contribution >= 0.6 is 0 Å². The first-order valence-electron chi connectivity index (χ1n) is 8.81. The third-order valence-electron chi connectivity index (χ3n) is 5.44. The minimum absolute atomic E-state index is 0.258. The summed E-state index contributed by atoms with van der Waals surface area (Å²) in [6.07, 6.45) is 8.73. The van der Waals surface area contributed by atoms with Crippen LogP contribution in [0.5, 0.6) is 0 Å². The number of benzene rings is 1. The molecule has 4 nitrogen and oxygen atoms in total. The number of hydrogen-bond acceptors (Lipinski definition) is 4. The van der Waals surface area contributed by atoms with Gasteiger partial charge in [0.25, 0.3) is 0 Å². The Morgan fingerprint density at radius 1 is 1.04 bits per heavy atom. The van der Waals surface area contributed by atoms with Gasteiger partial charge in [-0.3, -0.25) is 9.88 Å². The molecule has 0 amide bonds. The average molecular weight is 344 g/mol. The second kappa shape index (κ2) is 6.67.